The highest BCUT2D eigenvalue weighted by Gasteiger charge is 2.17. The molecule has 8 heteroatoms. The predicted octanol–water partition coefficient (Wildman–Crippen LogP) is 4.23. The summed E-state index contributed by atoms with van der Waals surface area (Å²) in [5.74, 6) is -0.632. The summed E-state index contributed by atoms with van der Waals surface area (Å²) < 4.78 is 34.1. The van der Waals surface area contributed by atoms with Crippen molar-refractivity contribution in [2.75, 3.05) is 12.9 Å². The van der Waals surface area contributed by atoms with Crippen LogP contribution in [-0.4, -0.2) is 33.4 Å². The second-order valence-electron chi connectivity index (χ2n) is 5.62. The van der Waals surface area contributed by atoms with E-state index in [4.69, 9.17) is 4.74 Å². The molecule has 0 amide bonds. The molecule has 3 rings (SSSR count). The molecule has 140 valence electrons. The van der Waals surface area contributed by atoms with Crippen LogP contribution in [0, 0.1) is 11.6 Å². The summed E-state index contributed by atoms with van der Waals surface area (Å²) in [6.07, 6.45) is 0. The third kappa shape index (κ3) is 4.16. The molecule has 0 saturated heterocycles. The third-order valence-electron chi connectivity index (χ3n) is 3.92. The zero-order valence-corrected chi connectivity index (χ0v) is 15.6. The van der Waals surface area contributed by atoms with Crippen LogP contribution in [0.4, 0.5) is 8.78 Å². The average Bonchev–Trinajstić information content (AvgIpc) is 3.11. The number of ether oxygens (including phenoxy) is 1. The maximum Gasteiger partial charge on any atom is 0.191 e. The Balaban J connectivity index is 1.81. The summed E-state index contributed by atoms with van der Waals surface area (Å²) in [6.45, 7) is 2.52. The van der Waals surface area contributed by atoms with Gasteiger partial charge in [0.25, 0.3) is 0 Å². The van der Waals surface area contributed by atoms with E-state index in [2.05, 4.69) is 10.2 Å². The first-order chi connectivity index (χ1) is 13.0. The van der Waals surface area contributed by atoms with Crippen LogP contribution in [0.15, 0.2) is 47.6 Å². The first-order valence-corrected chi connectivity index (χ1v) is 9.20. The summed E-state index contributed by atoms with van der Waals surface area (Å²) in [5.41, 5.74) is 0.566. The van der Waals surface area contributed by atoms with Gasteiger partial charge in [0.1, 0.15) is 17.4 Å². The van der Waals surface area contributed by atoms with Gasteiger partial charge in [0.15, 0.2) is 16.8 Å². The van der Waals surface area contributed by atoms with Gasteiger partial charge in [0, 0.05) is 12.1 Å². The zero-order valence-electron chi connectivity index (χ0n) is 14.8. The van der Waals surface area contributed by atoms with Crippen molar-refractivity contribution in [2.24, 2.45) is 0 Å². The Labute approximate surface area is 159 Å². The summed E-state index contributed by atoms with van der Waals surface area (Å²) in [7, 11) is 1.59. The highest BCUT2D eigenvalue weighted by molar-refractivity contribution is 7.99. The number of nitrogens with zero attached hydrogens (tertiary/aromatic N) is 3. The van der Waals surface area contributed by atoms with Crippen molar-refractivity contribution in [3.05, 3.63) is 59.7 Å². The number of thioether (sulfide) groups is 1. The first kappa shape index (κ1) is 19.0. The number of benzene rings is 2. The van der Waals surface area contributed by atoms with E-state index in [-0.39, 0.29) is 11.3 Å². The third-order valence-corrected chi connectivity index (χ3v) is 4.89. The van der Waals surface area contributed by atoms with E-state index >= 15 is 0 Å². The lowest BCUT2D eigenvalue weighted by Gasteiger charge is -2.08. The number of ketones is 1. The van der Waals surface area contributed by atoms with Gasteiger partial charge in [-0.15, -0.1) is 10.2 Å². The van der Waals surface area contributed by atoms with Crippen molar-refractivity contribution in [3.8, 4) is 17.1 Å². The summed E-state index contributed by atoms with van der Waals surface area (Å²) in [4.78, 5) is 12.2. The molecular weight excluding hydrogens is 372 g/mol. The molecule has 1 heterocycles. The maximum atomic E-state index is 13.7. The van der Waals surface area contributed by atoms with Gasteiger partial charge in [-0.1, -0.05) is 23.9 Å². The SMILES string of the molecule is CCn1c(SCC(=O)c2cc(F)ccc2F)nnc1-c1cccc(OC)c1. The number of Topliss-reactive ketones (excluding diaryl/α,β-unsaturated/α-hetero) is 1. The molecule has 1 aromatic heterocycles. The minimum absolute atomic E-state index is 0.0728. The molecule has 0 spiro atoms. The molecule has 0 unspecified atom stereocenters. The highest BCUT2D eigenvalue weighted by Crippen LogP contribution is 2.27. The van der Waals surface area contributed by atoms with Crippen LogP contribution in [-0.2, 0) is 6.54 Å². The van der Waals surface area contributed by atoms with Gasteiger partial charge in [-0.2, -0.15) is 0 Å². The molecule has 5 nitrogen and oxygen atoms in total. The minimum atomic E-state index is -0.740. The first-order valence-electron chi connectivity index (χ1n) is 8.22. The van der Waals surface area contributed by atoms with Crippen LogP contribution in [0.3, 0.4) is 0 Å². The summed E-state index contributed by atoms with van der Waals surface area (Å²) in [6, 6.07) is 10.3. The Bertz CT molecular complexity index is 975. The molecule has 0 aliphatic heterocycles. The smallest absolute Gasteiger partial charge is 0.191 e. The van der Waals surface area contributed by atoms with Crippen molar-refractivity contribution in [2.45, 2.75) is 18.6 Å². The van der Waals surface area contributed by atoms with Crippen molar-refractivity contribution >= 4 is 17.5 Å². The standard InChI is InChI=1S/C19H17F2N3O2S/c1-3-24-18(12-5-4-6-14(9-12)26-2)22-23-19(24)27-11-17(25)15-10-13(20)7-8-16(15)21/h4-10H,3,11H2,1-2H3. The van der Waals surface area contributed by atoms with E-state index in [0.717, 1.165) is 35.5 Å². The number of hydrogen-bond acceptors (Lipinski definition) is 5. The molecule has 2 aromatic carbocycles. The van der Waals surface area contributed by atoms with Gasteiger partial charge < -0.3 is 9.30 Å². The Hall–Kier alpha value is -2.74. The average molecular weight is 389 g/mol. The molecular formula is C19H17F2N3O2S. The largest absolute Gasteiger partial charge is 0.497 e. The normalized spacial score (nSPS) is 10.8. The maximum absolute atomic E-state index is 13.7. The molecule has 0 bridgehead atoms. The Morgan fingerprint density at radius 1 is 1.19 bits per heavy atom. The quantitative estimate of drug-likeness (QED) is 0.447. The zero-order chi connectivity index (χ0) is 19.4. The predicted molar refractivity (Wildman–Crippen MR) is 99.1 cm³/mol. The molecule has 0 saturated carbocycles. The van der Waals surface area contributed by atoms with E-state index in [1.165, 1.54) is 0 Å². The second-order valence-corrected chi connectivity index (χ2v) is 6.56. The minimum Gasteiger partial charge on any atom is -0.497 e. The number of carbonyl (C=O) groups excluding carboxylic acids is 1. The molecule has 3 aromatic rings. The fraction of sp³-hybridized carbons (Fsp3) is 0.211. The van der Waals surface area contributed by atoms with Gasteiger partial charge in [0.2, 0.25) is 0 Å². The fourth-order valence-corrected chi connectivity index (χ4v) is 3.46. The van der Waals surface area contributed by atoms with Gasteiger partial charge >= 0.3 is 0 Å². The van der Waals surface area contributed by atoms with Gasteiger partial charge in [0.05, 0.1) is 18.4 Å². The molecule has 0 N–H and O–H groups in total. The topological polar surface area (TPSA) is 57.0 Å². The monoisotopic (exact) mass is 389 g/mol. The number of rotatable bonds is 7. The molecule has 0 aliphatic carbocycles. The van der Waals surface area contributed by atoms with Crippen LogP contribution in [0.2, 0.25) is 0 Å². The molecule has 0 fully saturated rings. The van der Waals surface area contributed by atoms with E-state index < -0.39 is 17.4 Å². The van der Waals surface area contributed by atoms with Crippen molar-refractivity contribution in [1.29, 1.82) is 0 Å². The summed E-state index contributed by atoms with van der Waals surface area (Å²) in [5, 5.41) is 8.87. The van der Waals surface area contributed by atoms with Crippen molar-refractivity contribution in [3.63, 3.8) is 0 Å². The van der Waals surface area contributed by atoms with Gasteiger partial charge in [-0.25, -0.2) is 8.78 Å². The van der Waals surface area contributed by atoms with Crippen LogP contribution in [0.1, 0.15) is 17.3 Å². The Morgan fingerprint density at radius 2 is 2.00 bits per heavy atom. The van der Waals surface area contributed by atoms with Gasteiger partial charge in [-0.3, -0.25) is 4.79 Å². The number of methoxy groups -OCH3 is 1. The van der Waals surface area contributed by atoms with Crippen LogP contribution in [0.5, 0.6) is 5.75 Å². The van der Waals surface area contributed by atoms with E-state index in [1.54, 1.807) is 7.11 Å². The molecule has 27 heavy (non-hydrogen) atoms. The van der Waals surface area contributed by atoms with Crippen LogP contribution in [0.25, 0.3) is 11.4 Å². The number of hydrogen-bond donors (Lipinski definition) is 0. The highest BCUT2D eigenvalue weighted by atomic mass is 32.2. The Kier molecular flexibility index (Phi) is 5.85. The van der Waals surface area contributed by atoms with Crippen molar-refractivity contribution < 1.29 is 18.3 Å². The number of carbonyl (C=O) groups is 1. The Morgan fingerprint density at radius 3 is 2.74 bits per heavy atom. The van der Waals surface area contributed by atoms with Crippen LogP contribution >= 0.6 is 11.8 Å². The number of halogens is 2. The number of aromatic nitrogens is 3. The lowest BCUT2D eigenvalue weighted by molar-refractivity contribution is 0.101. The van der Waals surface area contributed by atoms with E-state index in [1.807, 2.05) is 35.8 Å². The van der Waals surface area contributed by atoms with Crippen LogP contribution < -0.4 is 4.74 Å². The lowest BCUT2D eigenvalue weighted by atomic mass is 10.1. The molecule has 0 radical (unpaired) electrons. The molecule has 0 atom stereocenters. The molecule has 0 aliphatic rings. The van der Waals surface area contributed by atoms with Crippen molar-refractivity contribution in [1.82, 2.24) is 14.8 Å². The lowest BCUT2D eigenvalue weighted by Crippen LogP contribution is -2.07. The van der Waals surface area contributed by atoms with E-state index in [0.29, 0.717) is 23.3 Å². The fourth-order valence-electron chi connectivity index (χ4n) is 2.58. The van der Waals surface area contributed by atoms with E-state index in [9.17, 15) is 13.6 Å². The summed E-state index contributed by atoms with van der Waals surface area (Å²) >= 11 is 1.13. The second kappa shape index (κ2) is 8.30. The van der Waals surface area contributed by atoms with Gasteiger partial charge in [-0.05, 0) is 37.3 Å².